The zero-order chi connectivity index (χ0) is 23.4. The van der Waals surface area contributed by atoms with Crippen LogP contribution in [0.2, 0.25) is 0 Å². The second kappa shape index (κ2) is 10.7. The van der Waals surface area contributed by atoms with E-state index in [-0.39, 0.29) is 0 Å². The molecule has 2 aromatic heterocycles. The van der Waals surface area contributed by atoms with Crippen LogP contribution in [0.25, 0.3) is 10.6 Å². The number of benzene rings is 1. The van der Waals surface area contributed by atoms with Crippen molar-refractivity contribution in [3.05, 3.63) is 52.0 Å². The summed E-state index contributed by atoms with van der Waals surface area (Å²) in [6.45, 7) is 8.42. The van der Waals surface area contributed by atoms with Crippen molar-refractivity contribution in [2.75, 3.05) is 26.3 Å². The predicted molar refractivity (Wildman–Crippen MR) is 136 cm³/mol. The van der Waals surface area contributed by atoms with Crippen LogP contribution in [0.5, 0.6) is 0 Å². The van der Waals surface area contributed by atoms with Gasteiger partial charge in [-0.25, -0.2) is 13.4 Å². The third kappa shape index (κ3) is 5.66. The van der Waals surface area contributed by atoms with Crippen LogP contribution in [0.4, 0.5) is 5.69 Å². The van der Waals surface area contributed by atoms with Crippen LogP contribution >= 0.6 is 22.7 Å². The number of nitrogens with zero attached hydrogens (tertiary/aromatic N) is 3. The molecule has 1 fully saturated rings. The normalized spacial score (nSPS) is 17.0. The minimum atomic E-state index is -3.50. The Hall–Kier alpha value is -1.78. The maximum absolute atomic E-state index is 12.9. The first-order valence-corrected chi connectivity index (χ1v) is 14.5. The highest BCUT2D eigenvalue weighted by molar-refractivity contribution is 7.89. The molecular weight excluding hydrogens is 474 g/mol. The smallest absolute Gasteiger partial charge is 0.243 e. The summed E-state index contributed by atoms with van der Waals surface area (Å²) < 4.78 is 34.9. The van der Waals surface area contributed by atoms with Gasteiger partial charge in [-0.15, -0.1) is 22.7 Å². The van der Waals surface area contributed by atoms with Gasteiger partial charge in [0, 0.05) is 24.5 Å². The van der Waals surface area contributed by atoms with Crippen molar-refractivity contribution in [3.63, 3.8) is 0 Å². The Kier molecular flexibility index (Phi) is 7.86. The lowest BCUT2D eigenvalue weighted by Gasteiger charge is -2.26. The van der Waals surface area contributed by atoms with E-state index >= 15 is 0 Å². The van der Waals surface area contributed by atoms with Crippen molar-refractivity contribution in [1.29, 1.82) is 0 Å². The second-order valence-electron chi connectivity index (χ2n) is 8.69. The first-order chi connectivity index (χ1) is 15.9. The van der Waals surface area contributed by atoms with Crippen LogP contribution in [-0.4, -0.2) is 43.6 Å². The molecule has 0 radical (unpaired) electrons. The molecule has 3 aromatic rings. The van der Waals surface area contributed by atoms with E-state index in [2.05, 4.69) is 48.2 Å². The van der Waals surface area contributed by atoms with Gasteiger partial charge in [0.05, 0.1) is 34.4 Å². The van der Waals surface area contributed by atoms with Crippen LogP contribution in [0.15, 0.2) is 57.0 Å². The maximum Gasteiger partial charge on any atom is 0.243 e. The summed E-state index contributed by atoms with van der Waals surface area (Å²) in [5.74, 6) is 0.651. The van der Waals surface area contributed by atoms with Crippen molar-refractivity contribution < 1.29 is 13.2 Å². The van der Waals surface area contributed by atoms with Crippen LogP contribution in [0.1, 0.15) is 39.7 Å². The standard InChI is InChI=1S/C24H31N3O3S3/c1-18(2)6-7-19(3)27-22(23-5-4-16-31-23)17-32-24(27)25-20-8-10-21(11-9-20)33(28,29)26-12-14-30-15-13-26/h4-5,8-11,16-19H,6-7,12-15H2,1-3H3. The molecule has 3 heterocycles. The molecule has 178 valence electrons. The molecule has 0 spiro atoms. The van der Waals surface area contributed by atoms with Gasteiger partial charge in [0.25, 0.3) is 0 Å². The van der Waals surface area contributed by atoms with Gasteiger partial charge in [0.2, 0.25) is 10.0 Å². The van der Waals surface area contributed by atoms with Crippen LogP contribution in [-0.2, 0) is 14.8 Å². The van der Waals surface area contributed by atoms with Crippen molar-refractivity contribution in [1.82, 2.24) is 8.87 Å². The fraction of sp³-hybridized carbons (Fsp3) is 0.458. The minimum Gasteiger partial charge on any atom is -0.379 e. The molecule has 0 amide bonds. The minimum absolute atomic E-state index is 0.298. The van der Waals surface area contributed by atoms with Gasteiger partial charge in [0.1, 0.15) is 0 Å². The third-order valence-electron chi connectivity index (χ3n) is 5.79. The number of aromatic nitrogens is 1. The lowest BCUT2D eigenvalue weighted by atomic mass is 10.0. The van der Waals surface area contributed by atoms with Crippen LogP contribution in [0.3, 0.4) is 0 Å². The maximum atomic E-state index is 12.9. The number of thiazole rings is 1. The molecule has 0 N–H and O–H groups in total. The molecule has 6 nitrogen and oxygen atoms in total. The summed E-state index contributed by atoms with van der Waals surface area (Å²) >= 11 is 3.36. The van der Waals surface area contributed by atoms with Gasteiger partial charge < -0.3 is 9.30 Å². The number of thiophene rings is 1. The van der Waals surface area contributed by atoms with E-state index in [1.807, 2.05) is 0 Å². The summed E-state index contributed by atoms with van der Waals surface area (Å²) in [6.07, 6.45) is 2.23. The van der Waals surface area contributed by atoms with Crippen molar-refractivity contribution >= 4 is 38.4 Å². The van der Waals surface area contributed by atoms with Crippen LogP contribution < -0.4 is 4.80 Å². The molecule has 1 unspecified atom stereocenters. The lowest BCUT2D eigenvalue weighted by Crippen LogP contribution is -2.40. The zero-order valence-electron chi connectivity index (χ0n) is 19.3. The fourth-order valence-electron chi connectivity index (χ4n) is 3.88. The molecular formula is C24H31N3O3S3. The average Bonchev–Trinajstić information content (AvgIpc) is 3.48. The Morgan fingerprint density at radius 3 is 2.39 bits per heavy atom. The molecule has 9 heteroatoms. The molecule has 4 rings (SSSR count). The molecule has 1 aromatic carbocycles. The topological polar surface area (TPSA) is 63.9 Å². The van der Waals surface area contributed by atoms with Crippen molar-refractivity contribution in [3.8, 4) is 10.6 Å². The molecule has 33 heavy (non-hydrogen) atoms. The summed E-state index contributed by atoms with van der Waals surface area (Å²) in [7, 11) is -3.50. The Balaban J connectivity index is 1.66. The van der Waals surface area contributed by atoms with E-state index in [1.54, 1.807) is 46.9 Å². The first kappa shape index (κ1) is 24.3. The van der Waals surface area contributed by atoms with E-state index in [9.17, 15) is 8.42 Å². The largest absolute Gasteiger partial charge is 0.379 e. The summed E-state index contributed by atoms with van der Waals surface area (Å²) in [5.41, 5.74) is 1.94. The van der Waals surface area contributed by atoms with E-state index in [4.69, 9.17) is 9.73 Å². The lowest BCUT2D eigenvalue weighted by molar-refractivity contribution is 0.0730. The molecule has 1 saturated heterocycles. The monoisotopic (exact) mass is 505 g/mol. The fourth-order valence-corrected chi connectivity index (χ4v) is 7.10. The molecule has 1 aliphatic heterocycles. The Bertz CT molecular complexity index is 1200. The van der Waals surface area contributed by atoms with E-state index in [1.165, 1.54) is 14.9 Å². The van der Waals surface area contributed by atoms with Gasteiger partial charge in [-0.05, 0) is 61.4 Å². The number of ether oxygens (including phenoxy) is 1. The summed E-state index contributed by atoms with van der Waals surface area (Å²) in [6, 6.07) is 11.4. The third-order valence-corrected chi connectivity index (χ3v) is 9.43. The predicted octanol–water partition coefficient (Wildman–Crippen LogP) is 5.53. The molecule has 0 saturated carbocycles. The molecule has 1 atom stereocenters. The Labute approximate surface area is 204 Å². The SMILES string of the molecule is CC(C)CCC(C)n1c(-c2cccs2)csc1=Nc1ccc(S(=O)(=O)N2CCOCC2)cc1. The molecule has 0 bridgehead atoms. The second-order valence-corrected chi connectivity index (χ2v) is 12.4. The van der Waals surface area contributed by atoms with Gasteiger partial charge in [-0.2, -0.15) is 4.31 Å². The van der Waals surface area contributed by atoms with Crippen molar-refractivity contribution in [2.24, 2.45) is 10.9 Å². The Morgan fingerprint density at radius 1 is 1.03 bits per heavy atom. The van der Waals surface area contributed by atoms with Gasteiger partial charge >= 0.3 is 0 Å². The highest BCUT2D eigenvalue weighted by atomic mass is 32.2. The number of rotatable bonds is 8. The van der Waals surface area contributed by atoms with E-state index < -0.39 is 10.0 Å². The zero-order valence-corrected chi connectivity index (χ0v) is 21.8. The van der Waals surface area contributed by atoms with Gasteiger partial charge in [0.15, 0.2) is 4.80 Å². The van der Waals surface area contributed by atoms with Gasteiger partial charge in [-0.1, -0.05) is 19.9 Å². The first-order valence-electron chi connectivity index (χ1n) is 11.3. The Morgan fingerprint density at radius 2 is 1.76 bits per heavy atom. The van der Waals surface area contributed by atoms with Crippen LogP contribution in [0, 0.1) is 5.92 Å². The summed E-state index contributed by atoms with van der Waals surface area (Å²) in [5, 5.41) is 4.27. The van der Waals surface area contributed by atoms with E-state index in [0.717, 1.165) is 23.3 Å². The van der Waals surface area contributed by atoms with Gasteiger partial charge in [-0.3, -0.25) is 0 Å². The molecule has 0 aliphatic carbocycles. The average molecular weight is 506 g/mol. The van der Waals surface area contributed by atoms with E-state index in [0.29, 0.717) is 43.2 Å². The number of morpholine rings is 1. The quantitative estimate of drug-likeness (QED) is 0.404. The number of hydrogen-bond donors (Lipinski definition) is 0. The number of sulfonamides is 1. The highest BCUT2D eigenvalue weighted by Gasteiger charge is 2.26. The molecule has 1 aliphatic rings. The van der Waals surface area contributed by atoms with Crippen molar-refractivity contribution in [2.45, 2.75) is 44.6 Å². The summed E-state index contributed by atoms with van der Waals surface area (Å²) in [4.78, 5) is 7.37. The number of hydrogen-bond acceptors (Lipinski definition) is 6. The highest BCUT2D eigenvalue weighted by Crippen LogP contribution is 2.30.